The van der Waals surface area contributed by atoms with Gasteiger partial charge in [-0.15, -0.1) is 0 Å². The van der Waals surface area contributed by atoms with Gasteiger partial charge in [0.2, 0.25) is 5.88 Å². The van der Waals surface area contributed by atoms with E-state index < -0.39 is 36.4 Å². The third-order valence-electron chi connectivity index (χ3n) is 6.81. The predicted octanol–water partition coefficient (Wildman–Crippen LogP) is 3.19. The van der Waals surface area contributed by atoms with E-state index >= 15 is 0 Å². The summed E-state index contributed by atoms with van der Waals surface area (Å²) in [6.07, 6.45) is 1.61. The minimum atomic E-state index is -2.97. The number of nitrogens with one attached hydrogen (secondary N) is 2. The monoisotopic (exact) mass is 594 g/mol. The Balaban J connectivity index is 1.67. The molecule has 1 atom stereocenters. The molecule has 0 spiro atoms. The van der Waals surface area contributed by atoms with Gasteiger partial charge in [0.05, 0.1) is 37.4 Å². The van der Waals surface area contributed by atoms with Crippen LogP contribution in [-0.2, 0) is 18.3 Å². The van der Waals surface area contributed by atoms with Gasteiger partial charge < -0.3 is 29.6 Å². The van der Waals surface area contributed by atoms with E-state index in [1.807, 2.05) is 13.0 Å². The number of benzene rings is 1. The van der Waals surface area contributed by atoms with Crippen molar-refractivity contribution in [3.63, 3.8) is 0 Å². The highest BCUT2D eigenvalue weighted by molar-refractivity contribution is 6.05. The van der Waals surface area contributed by atoms with Crippen molar-refractivity contribution in [1.29, 1.82) is 5.26 Å². The van der Waals surface area contributed by atoms with Crippen LogP contribution in [0.3, 0.4) is 0 Å². The number of carbonyl (C=O) groups excluding carboxylic acids is 2. The quantitative estimate of drug-likeness (QED) is 0.345. The van der Waals surface area contributed by atoms with E-state index in [9.17, 15) is 28.4 Å². The van der Waals surface area contributed by atoms with Gasteiger partial charge in [0.15, 0.2) is 0 Å². The summed E-state index contributed by atoms with van der Waals surface area (Å²) in [6, 6.07) is 10.8. The molecule has 2 amide bonds. The van der Waals surface area contributed by atoms with E-state index in [2.05, 4.69) is 15.6 Å². The largest absolute Gasteiger partial charge is 0.478 e. The minimum Gasteiger partial charge on any atom is -0.478 e. The van der Waals surface area contributed by atoms with Gasteiger partial charge in [-0.1, -0.05) is 6.07 Å². The number of hydrogen-bond acceptors (Lipinski definition) is 8. The number of aryl methyl sites for hydroxylation is 1. The maximum Gasteiger partial charge on any atom is 0.282 e. The molecule has 1 aliphatic rings. The highest BCUT2D eigenvalue weighted by atomic mass is 19.3. The van der Waals surface area contributed by atoms with Crippen LogP contribution in [0, 0.1) is 11.3 Å². The van der Waals surface area contributed by atoms with Gasteiger partial charge in [0.25, 0.3) is 23.3 Å². The van der Waals surface area contributed by atoms with Gasteiger partial charge in [-0.05, 0) is 54.8 Å². The molecule has 0 radical (unpaired) electrons. The molecular formula is C30H32F2N6O5. The Hall–Kier alpha value is -4.67. The van der Waals surface area contributed by atoms with Crippen molar-refractivity contribution in [2.75, 3.05) is 38.7 Å². The number of methoxy groups -OCH3 is 1. The maximum absolute atomic E-state index is 13.5. The van der Waals surface area contributed by atoms with Crippen LogP contribution >= 0.6 is 0 Å². The van der Waals surface area contributed by atoms with Crippen LogP contribution in [0.15, 0.2) is 47.4 Å². The summed E-state index contributed by atoms with van der Waals surface area (Å²) in [5, 5.41) is 15.3. The minimum absolute atomic E-state index is 0.0213. The first-order valence-electron chi connectivity index (χ1n) is 13.6. The van der Waals surface area contributed by atoms with E-state index in [1.54, 1.807) is 27.3 Å². The molecule has 2 aromatic heterocycles. The second kappa shape index (κ2) is 13.1. The lowest BCUT2D eigenvalue weighted by molar-refractivity contribution is -0.113. The van der Waals surface area contributed by atoms with Crippen LogP contribution in [0.25, 0.3) is 11.1 Å². The third-order valence-corrected chi connectivity index (χ3v) is 6.81. The Morgan fingerprint density at radius 3 is 2.58 bits per heavy atom. The van der Waals surface area contributed by atoms with Crippen molar-refractivity contribution in [2.45, 2.75) is 32.4 Å². The third kappa shape index (κ3) is 7.40. The van der Waals surface area contributed by atoms with Crippen molar-refractivity contribution in [3.05, 3.63) is 75.2 Å². The Morgan fingerprint density at radius 2 is 1.93 bits per heavy atom. The van der Waals surface area contributed by atoms with Crippen molar-refractivity contribution in [2.24, 2.45) is 7.05 Å². The van der Waals surface area contributed by atoms with Crippen LogP contribution in [0.4, 0.5) is 14.6 Å². The van der Waals surface area contributed by atoms with Gasteiger partial charge in [-0.2, -0.15) is 10.2 Å². The number of ether oxygens (including phenoxy) is 2. The van der Waals surface area contributed by atoms with Gasteiger partial charge >= 0.3 is 0 Å². The zero-order valence-electron chi connectivity index (χ0n) is 24.2. The lowest BCUT2D eigenvalue weighted by Gasteiger charge is -2.39. The number of alkyl halides is 2. The number of rotatable bonds is 11. The van der Waals surface area contributed by atoms with Crippen LogP contribution < -0.4 is 20.9 Å². The topological polar surface area (TPSA) is 139 Å². The zero-order valence-corrected chi connectivity index (χ0v) is 24.2. The first kappa shape index (κ1) is 31.3. The number of hydrogen-bond donors (Lipinski definition) is 2. The SMILES string of the molecule is CCOc1cc(-c2ccc(C#N)cc2C(=O)N2CC(F)(F)C2)cc(NC(=O)c2cc(CNC[C@H](C)OC)cn(C)c2=O)n1. The molecule has 0 saturated carbocycles. The Kier molecular flexibility index (Phi) is 9.53. The molecule has 11 nitrogen and oxygen atoms in total. The second-order valence-electron chi connectivity index (χ2n) is 10.2. The van der Waals surface area contributed by atoms with Crippen molar-refractivity contribution in [1.82, 2.24) is 19.8 Å². The average Bonchev–Trinajstić information content (AvgIpc) is 2.96. The zero-order chi connectivity index (χ0) is 31.3. The molecule has 0 bridgehead atoms. The summed E-state index contributed by atoms with van der Waals surface area (Å²) >= 11 is 0. The summed E-state index contributed by atoms with van der Waals surface area (Å²) in [5.41, 5.74) is 0.994. The van der Waals surface area contributed by atoms with Gasteiger partial charge in [-0.3, -0.25) is 14.4 Å². The molecule has 226 valence electrons. The van der Waals surface area contributed by atoms with Crippen LogP contribution in [0.1, 0.15) is 45.7 Å². The number of amides is 2. The summed E-state index contributed by atoms with van der Waals surface area (Å²) < 4.78 is 39.2. The normalized spacial score (nSPS) is 14.4. The van der Waals surface area contributed by atoms with E-state index in [1.165, 1.54) is 41.0 Å². The summed E-state index contributed by atoms with van der Waals surface area (Å²) in [7, 11) is 3.15. The standard InChI is InChI=1S/C30H32F2N6O5/c1-5-43-26-11-21(22-7-6-19(12-33)8-23(22)29(41)38-16-30(31,32)17-38)10-25(35-26)36-27(39)24-9-20(15-37(3)28(24)40)14-34-13-18(2)42-4/h6-11,15,18,34H,5,13-14,16-17H2,1-4H3,(H,35,36,39)/t18-/m0/s1. The highest BCUT2D eigenvalue weighted by Crippen LogP contribution is 2.34. The number of anilines is 1. The molecule has 1 aliphatic heterocycles. The Morgan fingerprint density at radius 1 is 1.19 bits per heavy atom. The molecule has 1 fully saturated rings. The molecule has 0 aliphatic carbocycles. The van der Waals surface area contributed by atoms with Crippen LogP contribution in [0.2, 0.25) is 0 Å². The Labute approximate surface area is 247 Å². The number of halogens is 2. The molecule has 1 saturated heterocycles. The molecule has 13 heteroatoms. The molecular weight excluding hydrogens is 562 g/mol. The second-order valence-corrected chi connectivity index (χ2v) is 10.2. The number of carbonyl (C=O) groups is 2. The molecule has 0 unspecified atom stereocenters. The number of nitriles is 1. The van der Waals surface area contributed by atoms with Crippen molar-refractivity contribution >= 4 is 17.6 Å². The molecule has 2 N–H and O–H groups in total. The fraction of sp³-hybridized carbons (Fsp3) is 0.367. The fourth-order valence-electron chi connectivity index (χ4n) is 4.54. The number of likely N-dealkylation sites (tertiary alicyclic amines) is 1. The summed E-state index contributed by atoms with van der Waals surface area (Å²) in [6.45, 7) is 3.40. The van der Waals surface area contributed by atoms with E-state index in [4.69, 9.17) is 9.47 Å². The fourth-order valence-corrected chi connectivity index (χ4v) is 4.54. The first-order valence-corrected chi connectivity index (χ1v) is 13.6. The van der Waals surface area contributed by atoms with Crippen LogP contribution in [0.5, 0.6) is 5.88 Å². The highest BCUT2D eigenvalue weighted by Gasteiger charge is 2.46. The molecule has 4 rings (SSSR count). The lowest BCUT2D eigenvalue weighted by Crippen LogP contribution is -2.58. The number of pyridine rings is 2. The molecule has 43 heavy (non-hydrogen) atoms. The molecule has 3 heterocycles. The van der Waals surface area contributed by atoms with E-state index in [-0.39, 0.29) is 41.1 Å². The van der Waals surface area contributed by atoms with E-state index in [0.29, 0.717) is 29.8 Å². The van der Waals surface area contributed by atoms with Crippen molar-refractivity contribution in [3.8, 4) is 23.1 Å². The average molecular weight is 595 g/mol. The van der Waals surface area contributed by atoms with Crippen LogP contribution in [-0.4, -0.2) is 71.6 Å². The smallest absolute Gasteiger partial charge is 0.282 e. The first-order chi connectivity index (χ1) is 20.4. The predicted molar refractivity (Wildman–Crippen MR) is 154 cm³/mol. The maximum atomic E-state index is 13.5. The lowest BCUT2D eigenvalue weighted by atomic mass is 9.96. The van der Waals surface area contributed by atoms with Crippen molar-refractivity contribution < 1.29 is 27.8 Å². The Bertz CT molecular complexity index is 1630. The van der Waals surface area contributed by atoms with E-state index in [0.717, 1.165) is 4.90 Å². The number of nitrogens with zero attached hydrogens (tertiary/aromatic N) is 4. The summed E-state index contributed by atoms with van der Waals surface area (Å²) in [5.74, 6) is -4.19. The van der Waals surface area contributed by atoms with Gasteiger partial charge in [0.1, 0.15) is 11.4 Å². The molecule has 1 aromatic carbocycles. The van der Waals surface area contributed by atoms with Gasteiger partial charge in [-0.25, -0.2) is 8.78 Å². The van der Waals surface area contributed by atoms with Gasteiger partial charge in [0, 0.05) is 45.1 Å². The summed E-state index contributed by atoms with van der Waals surface area (Å²) in [4.78, 5) is 44.7. The number of aromatic nitrogens is 2. The molecule has 3 aromatic rings.